The molecule has 1 aromatic heterocycles. The van der Waals surface area contributed by atoms with Gasteiger partial charge in [-0.3, -0.25) is 5.32 Å². The van der Waals surface area contributed by atoms with Crippen LogP contribution in [0.2, 0.25) is 0 Å². The maximum absolute atomic E-state index is 11.9. The van der Waals surface area contributed by atoms with E-state index in [-0.39, 0.29) is 12.1 Å². The molecule has 7 nitrogen and oxygen atoms in total. The van der Waals surface area contributed by atoms with Gasteiger partial charge in [0.15, 0.2) is 0 Å². The van der Waals surface area contributed by atoms with Gasteiger partial charge in [0, 0.05) is 36.4 Å². The van der Waals surface area contributed by atoms with Gasteiger partial charge in [0.2, 0.25) is 0 Å². The zero-order valence-corrected chi connectivity index (χ0v) is 19.6. The highest BCUT2D eigenvalue weighted by atomic mass is 16.6. The van der Waals surface area contributed by atoms with Crippen LogP contribution in [0.25, 0.3) is 0 Å². The summed E-state index contributed by atoms with van der Waals surface area (Å²) in [5, 5.41) is 2.80. The lowest BCUT2D eigenvalue weighted by atomic mass is 9.84. The first kappa shape index (κ1) is 22.2. The predicted molar refractivity (Wildman–Crippen MR) is 131 cm³/mol. The monoisotopic (exact) mass is 458 g/mol. The Balaban J connectivity index is 1.36. The molecule has 2 heterocycles. The number of nitrogens with one attached hydrogen (secondary N) is 1. The summed E-state index contributed by atoms with van der Waals surface area (Å²) in [7, 11) is 0. The average Bonchev–Trinajstić information content (AvgIpc) is 3.14. The van der Waals surface area contributed by atoms with Gasteiger partial charge in [-0.25, -0.2) is 14.8 Å². The lowest BCUT2D eigenvalue weighted by molar-refractivity contribution is 0.130. The number of fused-ring (bicyclic) bond motifs is 1. The van der Waals surface area contributed by atoms with Gasteiger partial charge in [-0.05, 0) is 74.4 Å². The SMILES string of the molecule is CC(C)OC(=O)Nc1ccc(C2Cc3ccc(Oc4ncccn4)cc3N2CC2CCC2)cc1. The van der Waals surface area contributed by atoms with Gasteiger partial charge < -0.3 is 14.4 Å². The van der Waals surface area contributed by atoms with E-state index in [0.717, 1.165) is 30.3 Å². The fourth-order valence-electron chi connectivity index (χ4n) is 4.60. The molecule has 1 fully saturated rings. The molecular weight excluding hydrogens is 428 g/mol. The Labute approximate surface area is 200 Å². The fraction of sp³-hybridized carbons (Fsp3) is 0.370. The average molecular weight is 459 g/mol. The van der Waals surface area contributed by atoms with Crippen LogP contribution in [0.1, 0.15) is 50.3 Å². The minimum absolute atomic E-state index is 0.154. The second-order valence-electron chi connectivity index (χ2n) is 9.29. The molecule has 176 valence electrons. The Morgan fingerprint density at radius 1 is 1.12 bits per heavy atom. The number of carbonyl (C=O) groups excluding carboxylic acids is 1. The summed E-state index contributed by atoms with van der Waals surface area (Å²) in [6, 6.07) is 16.7. The molecule has 5 rings (SSSR count). The molecule has 3 aromatic rings. The maximum atomic E-state index is 11.9. The number of rotatable bonds is 7. The van der Waals surface area contributed by atoms with Gasteiger partial charge in [0.25, 0.3) is 0 Å². The molecule has 1 unspecified atom stereocenters. The number of anilines is 2. The summed E-state index contributed by atoms with van der Waals surface area (Å²) in [4.78, 5) is 22.8. The molecule has 1 saturated carbocycles. The number of aromatic nitrogens is 2. The van der Waals surface area contributed by atoms with E-state index in [4.69, 9.17) is 9.47 Å². The van der Waals surface area contributed by atoms with Crippen molar-refractivity contribution < 1.29 is 14.3 Å². The van der Waals surface area contributed by atoms with Crippen molar-refractivity contribution >= 4 is 17.5 Å². The minimum atomic E-state index is -0.433. The van der Waals surface area contributed by atoms with Gasteiger partial charge in [-0.1, -0.05) is 24.6 Å². The summed E-state index contributed by atoms with van der Waals surface area (Å²) < 4.78 is 11.1. The van der Waals surface area contributed by atoms with E-state index < -0.39 is 6.09 Å². The first-order valence-electron chi connectivity index (χ1n) is 12.0. The summed E-state index contributed by atoms with van der Waals surface area (Å²) in [5.41, 5.74) is 4.49. The van der Waals surface area contributed by atoms with Crippen LogP contribution in [0.15, 0.2) is 60.9 Å². The smallest absolute Gasteiger partial charge is 0.411 e. The summed E-state index contributed by atoms with van der Waals surface area (Å²) >= 11 is 0. The normalized spacial score (nSPS) is 17.3. The zero-order valence-electron chi connectivity index (χ0n) is 19.6. The highest BCUT2D eigenvalue weighted by Crippen LogP contribution is 2.44. The van der Waals surface area contributed by atoms with Crippen LogP contribution in [0.5, 0.6) is 11.8 Å². The number of carbonyl (C=O) groups is 1. The van der Waals surface area contributed by atoms with Gasteiger partial charge >= 0.3 is 12.1 Å². The first-order valence-corrected chi connectivity index (χ1v) is 12.0. The van der Waals surface area contributed by atoms with E-state index in [1.807, 2.05) is 32.0 Å². The van der Waals surface area contributed by atoms with Crippen LogP contribution in [-0.4, -0.2) is 28.7 Å². The topological polar surface area (TPSA) is 76.6 Å². The number of nitrogens with zero attached hydrogens (tertiary/aromatic N) is 3. The second-order valence-corrected chi connectivity index (χ2v) is 9.29. The van der Waals surface area contributed by atoms with Crippen molar-refractivity contribution in [1.29, 1.82) is 0 Å². The van der Waals surface area contributed by atoms with Crippen LogP contribution in [0.4, 0.5) is 16.2 Å². The van der Waals surface area contributed by atoms with Crippen molar-refractivity contribution in [2.75, 3.05) is 16.8 Å². The molecule has 2 aromatic carbocycles. The number of hydrogen-bond acceptors (Lipinski definition) is 6. The van der Waals surface area contributed by atoms with Crippen molar-refractivity contribution in [2.45, 2.75) is 51.7 Å². The van der Waals surface area contributed by atoms with Crippen LogP contribution in [0, 0.1) is 5.92 Å². The molecule has 1 atom stereocenters. The second kappa shape index (κ2) is 9.71. The number of amides is 1. The Morgan fingerprint density at radius 3 is 2.56 bits per heavy atom. The van der Waals surface area contributed by atoms with Crippen LogP contribution in [0.3, 0.4) is 0 Å². The van der Waals surface area contributed by atoms with E-state index >= 15 is 0 Å². The number of ether oxygens (including phenoxy) is 2. The van der Waals surface area contributed by atoms with Crippen LogP contribution < -0.4 is 15.0 Å². The first-order chi connectivity index (χ1) is 16.5. The molecule has 1 aliphatic carbocycles. The van der Waals surface area contributed by atoms with Crippen molar-refractivity contribution in [2.24, 2.45) is 5.92 Å². The molecule has 1 N–H and O–H groups in total. The molecule has 34 heavy (non-hydrogen) atoms. The van der Waals surface area contributed by atoms with Gasteiger partial charge in [-0.2, -0.15) is 0 Å². The molecule has 2 aliphatic rings. The Bertz CT molecular complexity index is 1130. The third-order valence-electron chi connectivity index (χ3n) is 6.47. The lowest BCUT2D eigenvalue weighted by Gasteiger charge is -2.35. The quantitative estimate of drug-likeness (QED) is 0.459. The van der Waals surface area contributed by atoms with E-state index in [9.17, 15) is 4.79 Å². The molecular formula is C27H30N4O3. The third kappa shape index (κ3) is 4.98. The summed E-state index contributed by atoms with van der Waals surface area (Å²) in [6.45, 7) is 4.70. The minimum Gasteiger partial charge on any atom is -0.447 e. The maximum Gasteiger partial charge on any atom is 0.411 e. The Kier molecular flexibility index (Phi) is 6.34. The van der Waals surface area contributed by atoms with Crippen molar-refractivity contribution in [3.63, 3.8) is 0 Å². The lowest BCUT2D eigenvalue weighted by Crippen LogP contribution is -2.33. The molecule has 1 aliphatic heterocycles. The molecule has 0 saturated heterocycles. The highest BCUT2D eigenvalue weighted by Gasteiger charge is 2.33. The molecule has 1 amide bonds. The van der Waals surface area contributed by atoms with E-state index in [1.54, 1.807) is 18.5 Å². The molecule has 0 radical (unpaired) electrons. The molecule has 0 bridgehead atoms. The Morgan fingerprint density at radius 2 is 1.88 bits per heavy atom. The number of hydrogen-bond donors (Lipinski definition) is 1. The van der Waals surface area contributed by atoms with Gasteiger partial charge in [0.05, 0.1) is 12.1 Å². The fourth-order valence-corrected chi connectivity index (χ4v) is 4.60. The van der Waals surface area contributed by atoms with E-state index in [2.05, 4.69) is 44.5 Å². The summed E-state index contributed by atoms with van der Waals surface area (Å²) in [5.74, 6) is 1.47. The standard InChI is InChI=1S/C27H30N4O3/c1-18(2)33-27(32)30-22-10-7-20(8-11-22)24-15-21-9-12-23(34-26-28-13-4-14-29-26)16-25(21)31(24)17-19-5-3-6-19/h4,7-14,16,18-19,24H,3,5-6,15,17H2,1-2H3,(H,30,32). The van der Waals surface area contributed by atoms with Gasteiger partial charge in [-0.15, -0.1) is 0 Å². The Hall–Kier alpha value is -3.61. The number of benzene rings is 2. The predicted octanol–water partition coefficient (Wildman–Crippen LogP) is 6.13. The van der Waals surface area contributed by atoms with Crippen molar-refractivity contribution in [3.8, 4) is 11.8 Å². The van der Waals surface area contributed by atoms with Crippen LogP contribution >= 0.6 is 0 Å². The van der Waals surface area contributed by atoms with Crippen molar-refractivity contribution in [1.82, 2.24) is 9.97 Å². The van der Waals surface area contributed by atoms with Gasteiger partial charge in [0.1, 0.15) is 5.75 Å². The van der Waals surface area contributed by atoms with Crippen LogP contribution in [-0.2, 0) is 11.2 Å². The molecule has 0 spiro atoms. The highest BCUT2D eigenvalue weighted by molar-refractivity contribution is 5.84. The summed E-state index contributed by atoms with van der Waals surface area (Å²) in [6.07, 6.45) is 7.59. The molecule has 7 heteroatoms. The largest absolute Gasteiger partial charge is 0.447 e. The zero-order chi connectivity index (χ0) is 23.5. The third-order valence-corrected chi connectivity index (χ3v) is 6.47. The van der Waals surface area contributed by atoms with E-state index in [0.29, 0.717) is 6.01 Å². The van der Waals surface area contributed by atoms with E-state index in [1.165, 1.54) is 36.1 Å². The van der Waals surface area contributed by atoms with Crippen molar-refractivity contribution in [3.05, 3.63) is 72.1 Å².